The van der Waals surface area contributed by atoms with Gasteiger partial charge in [-0.05, 0) is 32.3 Å². The van der Waals surface area contributed by atoms with Crippen molar-refractivity contribution in [3.63, 3.8) is 0 Å². The van der Waals surface area contributed by atoms with Crippen molar-refractivity contribution in [3.8, 4) is 0 Å². The molecule has 0 unspecified atom stereocenters. The lowest BCUT2D eigenvalue weighted by Gasteiger charge is -2.25. The molecule has 0 aliphatic carbocycles. The summed E-state index contributed by atoms with van der Waals surface area (Å²) in [6.45, 7) is 4.03. The molecule has 3 heterocycles. The minimum Gasteiger partial charge on any atom is -0.383 e. The van der Waals surface area contributed by atoms with Crippen molar-refractivity contribution < 1.29 is 8.42 Å². The highest BCUT2D eigenvalue weighted by Gasteiger charge is 2.28. The fourth-order valence-corrected chi connectivity index (χ4v) is 4.50. The Bertz CT molecular complexity index is 765. The number of aryl methyl sites for hydroxylation is 1. The summed E-state index contributed by atoms with van der Waals surface area (Å²) in [7, 11) is -2.86. The molecular weight excluding hydrogens is 276 g/mol. The van der Waals surface area contributed by atoms with E-state index in [1.807, 2.05) is 13.8 Å². The van der Waals surface area contributed by atoms with E-state index in [1.165, 1.54) is 6.33 Å². The van der Waals surface area contributed by atoms with E-state index in [9.17, 15) is 8.42 Å². The number of hydrogen-bond acceptors (Lipinski definition) is 5. The Morgan fingerprint density at radius 1 is 1.25 bits per heavy atom. The quantitative estimate of drug-likeness (QED) is 0.858. The van der Waals surface area contributed by atoms with Crippen LogP contribution in [0.4, 0.5) is 5.82 Å². The Kier molecular flexibility index (Phi) is 2.97. The van der Waals surface area contributed by atoms with E-state index in [0.717, 1.165) is 22.3 Å². The number of aromatic nitrogens is 3. The van der Waals surface area contributed by atoms with Crippen LogP contribution in [-0.2, 0) is 9.84 Å². The monoisotopic (exact) mass is 294 g/mol. The van der Waals surface area contributed by atoms with Crippen LogP contribution in [0.25, 0.3) is 11.0 Å². The van der Waals surface area contributed by atoms with Crippen LogP contribution in [0.1, 0.15) is 30.1 Å². The van der Waals surface area contributed by atoms with Crippen LogP contribution in [0.15, 0.2) is 6.33 Å². The van der Waals surface area contributed by atoms with Crippen LogP contribution in [0.2, 0.25) is 0 Å². The minimum atomic E-state index is -2.86. The van der Waals surface area contributed by atoms with E-state index in [0.29, 0.717) is 18.7 Å². The number of nitrogens with zero attached hydrogens (tertiary/aromatic N) is 3. The van der Waals surface area contributed by atoms with Gasteiger partial charge in [0.05, 0.1) is 16.9 Å². The van der Waals surface area contributed by atoms with Crippen LogP contribution >= 0.6 is 0 Å². The normalized spacial score (nSPS) is 19.5. The highest BCUT2D eigenvalue weighted by atomic mass is 32.2. The smallest absolute Gasteiger partial charge is 0.150 e. The second-order valence-corrected chi connectivity index (χ2v) is 7.72. The number of rotatable bonds is 1. The summed E-state index contributed by atoms with van der Waals surface area (Å²) >= 11 is 0. The van der Waals surface area contributed by atoms with Crippen molar-refractivity contribution in [1.82, 2.24) is 14.5 Å². The first-order chi connectivity index (χ1) is 9.41. The van der Waals surface area contributed by atoms with Crippen LogP contribution in [0, 0.1) is 13.8 Å². The third kappa shape index (κ3) is 1.96. The van der Waals surface area contributed by atoms with Gasteiger partial charge < -0.3 is 10.3 Å². The van der Waals surface area contributed by atoms with Gasteiger partial charge in [0.25, 0.3) is 0 Å². The Balaban J connectivity index is 2.13. The van der Waals surface area contributed by atoms with Gasteiger partial charge in [-0.25, -0.2) is 18.4 Å². The van der Waals surface area contributed by atoms with Gasteiger partial charge in [0.15, 0.2) is 0 Å². The lowest BCUT2D eigenvalue weighted by molar-refractivity contribution is 0.452. The van der Waals surface area contributed by atoms with E-state index in [4.69, 9.17) is 5.73 Å². The van der Waals surface area contributed by atoms with E-state index < -0.39 is 9.84 Å². The van der Waals surface area contributed by atoms with Gasteiger partial charge in [-0.3, -0.25) is 0 Å². The first-order valence-electron chi connectivity index (χ1n) is 6.68. The van der Waals surface area contributed by atoms with E-state index >= 15 is 0 Å². The molecule has 108 valence electrons. The number of sulfone groups is 1. The highest BCUT2D eigenvalue weighted by molar-refractivity contribution is 7.91. The molecule has 2 N–H and O–H groups in total. The maximum absolute atomic E-state index is 11.6. The third-order valence-electron chi connectivity index (χ3n) is 4.25. The predicted octanol–water partition coefficient (Wildman–Crippen LogP) is 1.38. The van der Waals surface area contributed by atoms with Crippen molar-refractivity contribution in [2.75, 3.05) is 17.2 Å². The van der Waals surface area contributed by atoms with Gasteiger partial charge in [0, 0.05) is 11.7 Å². The van der Waals surface area contributed by atoms with Crippen LogP contribution < -0.4 is 5.73 Å². The molecule has 6 nitrogen and oxygen atoms in total. The predicted molar refractivity (Wildman–Crippen MR) is 78.3 cm³/mol. The van der Waals surface area contributed by atoms with Gasteiger partial charge in [-0.1, -0.05) is 0 Å². The van der Waals surface area contributed by atoms with Crippen LogP contribution in [-0.4, -0.2) is 34.5 Å². The van der Waals surface area contributed by atoms with E-state index in [1.54, 1.807) is 0 Å². The Hall–Kier alpha value is -1.63. The highest BCUT2D eigenvalue weighted by Crippen LogP contribution is 2.34. The number of nitrogens with two attached hydrogens (primary N) is 1. The topological polar surface area (TPSA) is 90.9 Å². The summed E-state index contributed by atoms with van der Waals surface area (Å²) in [5, 5.41) is 0.887. The zero-order chi connectivity index (χ0) is 14.5. The molecule has 1 aliphatic heterocycles. The molecule has 0 amide bonds. The zero-order valence-electron chi connectivity index (χ0n) is 11.6. The molecule has 1 aliphatic rings. The van der Waals surface area contributed by atoms with Gasteiger partial charge >= 0.3 is 0 Å². The second-order valence-electron chi connectivity index (χ2n) is 5.42. The molecule has 0 saturated carbocycles. The molecule has 0 atom stereocenters. The van der Waals surface area contributed by atoms with E-state index in [-0.39, 0.29) is 17.5 Å². The number of nitrogen functional groups attached to an aromatic ring is 1. The maximum atomic E-state index is 11.6. The maximum Gasteiger partial charge on any atom is 0.150 e. The van der Waals surface area contributed by atoms with E-state index in [2.05, 4.69) is 14.5 Å². The molecule has 1 fully saturated rings. The molecule has 0 radical (unpaired) electrons. The van der Waals surface area contributed by atoms with Gasteiger partial charge in [0.2, 0.25) is 0 Å². The number of fused-ring (bicyclic) bond motifs is 1. The van der Waals surface area contributed by atoms with Crippen LogP contribution in [0.5, 0.6) is 0 Å². The third-order valence-corrected chi connectivity index (χ3v) is 5.97. The summed E-state index contributed by atoms with van der Waals surface area (Å²) in [6, 6.07) is 0.170. The molecule has 1 saturated heterocycles. The molecule has 2 aromatic heterocycles. The molecule has 7 heteroatoms. The summed E-state index contributed by atoms with van der Waals surface area (Å²) in [4.78, 5) is 8.41. The minimum absolute atomic E-state index is 0.170. The Morgan fingerprint density at radius 3 is 2.55 bits per heavy atom. The second kappa shape index (κ2) is 4.44. The van der Waals surface area contributed by atoms with Gasteiger partial charge in [0.1, 0.15) is 27.6 Å². The van der Waals surface area contributed by atoms with Crippen molar-refractivity contribution in [1.29, 1.82) is 0 Å². The SMILES string of the molecule is Cc1c(C)n(C2CCS(=O)(=O)CC2)c2ncnc(N)c12. The summed E-state index contributed by atoms with van der Waals surface area (Å²) in [6.07, 6.45) is 2.74. The fraction of sp³-hybridized carbons (Fsp3) is 0.538. The lowest BCUT2D eigenvalue weighted by atomic mass is 10.1. The standard InChI is InChI=1S/C13H18N4O2S/c1-8-9(2)17(10-3-5-20(18,19)6-4-10)13-11(8)12(14)15-7-16-13/h7,10H,3-6H2,1-2H3,(H2,14,15,16). The van der Waals surface area contributed by atoms with Crippen molar-refractivity contribution >= 4 is 26.7 Å². The van der Waals surface area contributed by atoms with Crippen molar-refractivity contribution in [2.45, 2.75) is 32.7 Å². The summed E-state index contributed by atoms with van der Waals surface area (Å²) in [5.74, 6) is 0.977. The molecule has 2 aromatic rings. The number of anilines is 1. The van der Waals surface area contributed by atoms with Gasteiger partial charge in [-0.15, -0.1) is 0 Å². The average molecular weight is 294 g/mol. The Morgan fingerprint density at radius 2 is 1.90 bits per heavy atom. The summed E-state index contributed by atoms with van der Waals surface area (Å²) < 4.78 is 25.3. The largest absolute Gasteiger partial charge is 0.383 e. The molecule has 0 aromatic carbocycles. The molecule has 20 heavy (non-hydrogen) atoms. The van der Waals surface area contributed by atoms with Crippen LogP contribution in [0.3, 0.4) is 0 Å². The molecule has 0 spiro atoms. The lowest BCUT2D eigenvalue weighted by Crippen LogP contribution is -2.26. The number of hydrogen-bond donors (Lipinski definition) is 1. The first kappa shape index (κ1) is 13.4. The molecular formula is C13H18N4O2S. The zero-order valence-corrected chi connectivity index (χ0v) is 12.4. The van der Waals surface area contributed by atoms with Gasteiger partial charge in [-0.2, -0.15) is 0 Å². The van der Waals surface area contributed by atoms with Crippen molar-refractivity contribution in [3.05, 3.63) is 17.6 Å². The summed E-state index contributed by atoms with van der Waals surface area (Å²) in [5.41, 5.74) is 8.94. The fourth-order valence-electron chi connectivity index (χ4n) is 3.03. The molecule has 3 rings (SSSR count). The molecule has 0 bridgehead atoms. The van der Waals surface area contributed by atoms with Crippen molar-refractivity contribution in [2.24, 2.45) is 0 Å². The Labute approximate surface area is 117 Å². The average Bonchev–Trinajstić information content (AvgIpc) is 2.64. The first-order valence-corrected chi connectivity index (χ1v) is 8.51.